The summed E-state index contributed by atoms with van der Waals surface area (Å²) in [5.41, 5.74) is 9.02. The quantitative estimate of drug-likeness (QED) is 0.155. The summed E-state index contributed by atoms with van der Waals surface area (Å²) in [6, 6.07) is 46.5. The molecule has 0 fully saturated rings. The molecule has 4 nitrogen and oxygen atoms in total. The van der Waals surface area contributed by atoms with Gasteiger partial charge in [0.25, 0.3) is 0 Å². The van der Waals surface area contributed by atoms with Crippen molar-refractivity contribution in [1.29, 1.82) is 0 Å². The number of nitrogens with one attached hydrogen (secondary N) is 4. The third kappa shape index (κ3) is 6.74. The lowest BCUT2D eigenvalue weighted by Gasteiger charge is -2.19. The highest BCUT2D eigenvalue weighted by Crippen LogP contribution is 2.26. The van der Waals surface area contributed by atoms with Crippen molar-refractivity contribution in [2.75, 3.05) is 21.3 Å². The van der Waals surface area contributed by atoms with Gasteiger partial charge < -0.3 is 21.3 Å². The maximum atomic E-state index is 3.61. The maximum Gasteiger partial charge on any atom is 0.0485 e. The van der Waals surface area contributed by atoms with Crippen LogP contribution in [-0.4, -0.2) is 0 Å². The Labute approximate surface area is 225 Å². The molecule has 0 radical (unpaired) electrons. The zero-order valence-electron chi connectivity index (χ0n) is 21.9. The molecule has 0 aliphatic heterocycles. The van der Waals surface area contributed by atoms with E-state index in [4.69, 9.17) is 0 Å². The van der Waals surface area contributed by atoms with Crippen LogP contribution in [0.5, 0.6) is 0 Å². The summed E-state index contributed by atoms with van der Waals surface area (Å²) < 4.78 is 0. The summed E-state index contributed by atoms with van der Waals surface area (Å²) in [4.78, 5) is 0. The van der Waals surface area contributed by atoms with Gasteiger partial charge in [0.1, 0.15) is 0 Å². The van der Waals surface area contributed by atoms with Gasteiger partial charge in [-0.2, -0.15) is 0 Å². The van der Waals surface area contributed by atoms with Gasteiger partial charge in [0.2, 0.25) is 0 Å². The summed E-state index contributed by atoms with van der Waals surface area (Å²) >= 11 is 0. The van der Waals surface area contributed by atoms with Crippen LogP contribution in [0.3, 0.4) is 0 Å². The van der Waals surface area contributed by atoms with Crippen LogP contribution < -0.4 is 21.3 Å². The topological polar surface area (TPSA) is 48.1 Å². The molecule has 0 heterocycles. The van der Waals surface area contributed by atoms with E-state index >= 15 is 0 Å². The highest BCUT2D eigenvalue weighted by molar-refractivity contribution is 5.63. The van der Waals surface area contributed by atoms with Gasteiger partial charge in [-0.1, -0.05) is 60.7 Å². The van der Waals surface area contributed by atoms with Crippen LogP contribution in [0.4, 0.5) is 34.1 Å². The molecule has 0 spiro atoms. The lowest BCUT2D eigenvalue weighted by molar-refractivity contribution is 0.863. The SMILES string of the molecule is CC(Nc1ccc(Nc2ccccc2)cc1)c1ccc(C(C)Nc2ccc(Nc3ccccc3)cc2)cc1. The zero-order chi connectivity index (χ0) is 26.2. The highest BCUT2D eigenvalue weighted by atomic mass is 14.9. The first-order valence-electron chi connectivity index (χ1n) is 13.1. The molecular formula is C34H34N4. The smallest absolute Gasteiger partial charge is 0.0485 e. The number of benzene rings is 5. The standard InChI is InChI=1S/C34H34N4/c1-25(35-31-17-21-33(22-18-31)37-29-9-5-3-6-10-29)27-13-15-28(16-14-27)26(2)36-32-19-23-34(24-20-32)38-30-11-7-4-8-12-30/h3-26,35-38H,1-2H3. The minimum Gasteiger partial charge on any atom is -0.379 e. The predicted molar refractivity (Wildman–Crippen MR) is 163 cm³/mol. The molecule has 0 aliphatic carbocycles. The largest absolute Gasteiger partial charge is 0.379 e. The summed E-state index contributed by atoms with van der Waals surface area (Å²) in [5, 5.41) is 14.1. The summed E-state index contributed by atoms with van der Waals surface area (Å²) in [7, 11) is 0. The number of hydrogen-bond donors (Lipinski definition) is 4. The van der Waals surface area contributed by atoms with Gasteiger partial charge in [-0.05, 0) is 97.8 Å². The Morgan fingerprint density at radius 2 is 0.632 bits per heavy atom. The molecule has 0 saturated heterocycles. The second kappa shape index (κ2) is 12.0. The van der Waals surface area contributed by atoms with Gasteiger partial charge in [0.05, 0.1) is 0 Å². The Balaban J connectivity index is 1.14. The molecule has 5 aromatic rings. The van der Waals surface area contributed by atoms with Crippen molar-refractivity contribution in [1.82, 2.24) is 0 Å². The first-order chi connectivity index (χ1) is 18.6. The van der Waals surface area contributed by atoms with Crippen LogP contribution in [0.1, 0.15) is 37.1 Å². The van der Waals surface area contributed by atoms with Crippen LogP contribution in [0.15, 0.2) is 133 Å². The monoisotopic (exact) mass is 498 g/mol. The Kier molecular flexibility index (Phi) is 7.90. The van der Waals surface area contributed by atoms with Crippen molar-refractivity contribution < 1.29 is 0 Å². The van der Waals surface area contributed by atoms with Gasteiger partial charge in [0, 0.05) is 46.2 Å². The van der Waals surface area contributed by atoms with E-state index in [9.17, 15) is 0 Å². The molecule has 38 heavy (non-hydrogen) atoms. The van der Waals surface area contributed by atoms with E-state index in [2.05, 4.69) is 132 Å². The lowest BCUT2D eigenvalue weighted by Crippen LogP contribution is -2.09. The van der Waals surface area contributed by atoms with E-state index < -0.39 is 0 Å². The lowest BCUT2D eigenvalue weighted by atomic mass is 10.0. The average molecular weight is 499 g/mol. The van der Waals surface area contributed by atoms with Crippen LogP contribution in [0, 0.1) is 0 Å². The molecule has 5 aromatic carbocycles. The molecule has 5 rings (SSSR count). The number of anilines is 6. The number of hydrogen-bond acceptors (Lipinski definition) is 4. The third-order valence-corrected chi connectivity index (χ3v) is 6.60. The summed E-state index contributed by atoms with van der Waals surface area (Å²) in [6.45, 7) is 4.38. The first kappa shape index (κ1) is 25.0. The van der Waals surface area contributed by atoms with E-state index in [1.807, 2.05) is 36.4 Å². The van der Waals surface area contributed by atoms with Gasteiger partial charge in [0.15, 0.2) is 0 Å². The van der Waals surface area contributed by atoms with Crippen LogP contribution in [0.2, 0.25) is 0 Å². The van der Waals surface area contributed by atoms with Crippen molar-refractivity contribution in [3.05, 3.63) is 145 Å². The van der Waals surface area contributed by atoms with E-state index in [0.29, 0.717) is 0 Å². The normalized spacial score (nSPS) is 12.3. The second-order valence-corrected chi connectivity index (χ2v) is 9.54. The molecule has 0 saturated carbocycles. The van der Waals surface area contributed by atoms with Crippen molar-refractivity contribution in [3.63, 3.8) is 0 Å². The molecule has 4 heteroatoms. The fourth-order valence-electron chi connectivity index (χ4n) is 4.42. The fourth-order valence-corrected chi connectivity index (χ4v) is 4.42. The third-order valence-electron chi connectivity index (χ3n) is 6.60. The van der Waals surface area contributed by atoms with Crippen molar-refractivity contribution in [2.45, 2.75) is 25.9 Å². The number of rotatable bonds is 10. The Bertz CT molecular complexity index is 1290. The molecule has 0 amide bonds. The Morgan fingerprint density at radius 1 is 0.342 bits per heavy atom. The summed E-state index contributed by atoms with van der Waals surface area (Å²) in [5.74, 6) is 0. The van der Waals surface area contributed by atoms with Crippen molar-refractivity contribution in [2.24, 2.45) is 0 Å². The van der Waals surface area contributed by atoms with Crippen LogP contribution in [-0.2, 0) is 0 Å². The summed E-state index contributed by atoms with van der Waals surface area (Å²) in [6.07, 6.45) is 0. The van der Waals surface area contributed by atoms with Gasteiger partial charge in [-0.25, -0.2) is 0 Å². The Morgan fingerprint density at radius 3 is 0.974 bits per heavy atom. The zero-order valence-corrected chi connectivity index (χ0v) is 21.9. The van der Waals surface area contributed by atoms with Gasteiger partial charge in [-0.15, -0.1) is 0 Å². The maximum absolute atomic E-state index is 3.61. The van der Waals surface area contributed by atoms with E-state index in [-0.39, 0.29) is 12.1 Å². The van der Waals surface area contributed by atoms with E-state index in [0.717, 1.165) is 34.1 Å². The predicted octanol–water partition coefficient (Wildman–Crippen LogP) is 9.52. The minimum atomic E-state index is 0.199. The molecule has 0 aliphatic rings. The highest BCUT2D eigenvalue weighted by Gasteiger charge is 2.09. The first-order valence-corrected chi connectivity index (χ1v) is 13.1. The molecule has 2 unspecified atom stereocenters. The fraction of sp³-hybridized carbons (Fsp3) is 0.118. The second-order valence-electron chi connectivity index (χ2n) is 9.54. The molecule has 2 atom stereocenters. The van der Waals surface area contributed by atoms with Crippen molar-refractivity contribution >= 4 is 34.1 Å². The average Bonchev–Trinajstić information content (AvgIpc) is 2.96. The van der Waals surface area contributed by atoms with E-state index in [1.165, 1.54) is 11.1 Å². The molecular weight excluding hydrogens is 464 g/mol. The number of para-hydroxylation sites is 2. The molecule has 0 aromatic heterocycles. The van der Waals surface area contributed by atoms with Crippen LogP contribution >= 0.6 is 0 Å². The Hall–Kier alpha value is -4.70. The molecule has 0 bridgehead atoms. The van der Waals surface area contributed by atoms with E-state index in [1.54, 1.807) is 0 Å². The van der Waals surface area contributed by atoms with Crippen molar-refractivity contribution in [3.8, 4) is 0 Å². The molecule has 190 valence electrons. The van der Waals surface area contributed by atoms with Gasteiger partial charge >= 0.3 is 0 Å². The molecule has 4 N–H and O–H groups in total. The van der Waals surface area contributed by atoms with Gasteiger partial charge in [-0.3, -0.25) is 0 Å². The minimum absolute atomic E-state index is 0.199. The van der Waals surface area contributed by atoms with Crippen LogP contribution in [0.25, 0.3) is 0 Å².